The maximum absolute atomic E-state index is 8.77. The van der Waals surface area contributed by atoms with Crippen LogP contribution >= 0.6 is 0 Å². The molecule has 0 spiro atoms. The molecule has 4 nitrogen and oxygen atoms in total. The number of likely N-dealkylation sites (tertiary alicyclic amines) is 1. The molecule has 112 valence electrons. The zero-order valence-corrected chi connectivity index (χ0v) is 12.3. The van der Waals surface area contributed by atoms with E-state index in [0.717, 1.165) is 38.4 Å². The van der Waals surface area contributed by atoms with Gasteiger partial charge in [0.2, 0.25) is 0 Å². The fourth-order valence-electron chi connectivity index (χ4n) is 3.54. The molecule has 1 aliphatic carbocycles. The van der Waals surface area contributed by atoms with Crippen LogP contribution in [0.25, 0.3) is 0 Å². The fraction of sp³-hybridized carbons (Fsp3) is 1.00. The van der Waals surface area contributed by atoms with Gasteiger partial charge in [0, 0.05) is 25.7 Å². The van der Waals surface area contributed by atoms with Gasteiger partial charge in [-0.15, -0.1) is 0 Å². The van der Waals surface area contributed by atoms with Crippen LogP contribution in [0.3, 0.4) is 0 Å². The molecule has 0 aromatic rings. The van der Waals surface area contributed by atoms with E-state index in [2.05, 4.69) is 11.8 Å². The van der Waals surface area contributed by atoms with E-state index in [1.54, 1.807) is 0 Å². The molecule has 2 rings (SSSR count). The summed E-state index contributed by atoms with van der Waals surface area (Å²) in [5, 5.41) is 8.77. The van der Waals surface area contributed by atoms with Gasteiger partial charge >= 0.3 is 0 Å². The lowest BCUT2D eigenvalue weighted by Gasteiger charge is -2.39. The van der Waals surface area contributed by atoms with Crippen molar-refractivity contribution in [2.45, 2.75) is 51.2 Å². The van der Waals surface area contributed by atoms with Crippen molar-refractivity contribution in [2.75, 3.05) is 32.8 Å². The van der Waals surface area contributed by atoms with Gasteiger partial charge in [0.15, 0.2) is 0 Å². The monoisotopic (exact) mass is 270 g/mol. The molecule has 3 unspecified atom stereocenters. The number of aliphatic hydroxyl groups is 1. The predicted octanol–water partition coefficient (Wildman–Crippen LogP) is 1.22. The highest BCUT2D eigenvalue weighted by Gasteiger charge is 2.29. The van der Waals surface area contributed by atoms with Crippen molar-refractivity contribution < 1.29 is 9.84 Å². The number of aliphatic hydroxyl groups excluding tert-OH is 1. The van der Waals surface area contributed by atoms with E-state index < -0.39 is 0 Å². The van der Waals surface area contributed by atoms with Crippen LogP contribution in [0, 0.1) is 11.8 Å². The van der Waals surface area contributed by atoms with Crippen LogP contribution in [0.1, 0.15) is 39.0 Å². The zero-order chi connectivity index (χ0) is 13.7. The van der Waals surface area contributed by atoms with E-state index in [-0.39, 0.29) is 6.61 Å². The molecular formula is C15H30N2O2. The third-order valence-corrected chi connectivity index (χ3v) is 4.78. The lowest BCUT2D eigenvalue weighted by atomic mass is 9.79. The van der Waals surface area contributed by atoms with Gasteiger partial charge in [0.25, 0.3) is 0 Å². The molecule has 4 heteroatoms. The Morgan fingerprint density at radius 1 is 1.21 bits per heavy atom. The average Bonchev–Trinajstić information content (AvgIpc) is 2.42. The summed E-state index contributed by atoms with van der Waals surface area (Å²) in [5.74, 6) is 1.52. The third kappa shape index (κ3) is 4.71. The molecule has 2 aliphatic rings. The maximum atomic E-state index is 8.77. The van der Waals surface area contributed by atoms with Crippen LogP contribution in [-0.4, -0.2) is 55.0 Å². The fourth-order valence-corrected chi connectivity index (χ4v) is 3.54. The van der Waals surface area contributed by atoms with E-state index in [9.17, 15) is 0 Å². The van der Waals surface area contributed by atoms with Crippen LogP contribution in [0.15, 0.2) is 0 Å². The Morgan fingerprint density at radius 3 is 2.63 bits per heavy atom. The molecule has 2 fully saturated rings. The number of piperidine rings is 1. The lowest BCUT2D eigenvalue weighted by molar-refractivity contribution is -0.0119. The first-order valence-electron chi connectivity index (χ1n) is 7.89. The van der Waals surface area contributed by atoms with Crippen molar-refractivity contribution in [1.29, 1.82) is 0 Å². The predicted molar refractivity (Wildman–Crippen MR) is 77.0 cm³/mol. The quantitative estimate of drug-likeness (QED) is 0.789. The second-order valence-electron chi connectivity index (χ2n) is 6.44. The van der Waals surface area contributed by atoms with E-state index in [4.69, 9.17) is 15.6 Å². The summed E-state index contributed by atoms with van der Waals surface area (Å²) in [6.07, 6.45) is 6.33. The van der Waals surface area contributed by atoms with E-state index >= 15 is 0 Å². The van der Waals surface area contributed by atoms with Crippen molar-refractivity contribution in [3.63, 3.8) is 0 Å². The minimum atomic E-state index is 0.134. The largest absolute Gasteiger partial charge is 0.394 e. The molecule has 0 amide bonds. The van der Waals surface area contributed by atoms with Crippen LogP contribution < -0.4 is 5.73 Å². The first-order valence-corrected chi connectivity index (χ1v) is 7.89. The molecule has 0 radical (unpaired) electrons. The minimum Gasteiger partial charge on any atom is -0.394 e. The van der Waals surface area contributed by atoms with E-state index in [0.29, 0.717) is 24.7 Å². The number of nitrogens with two attached hydrogens (primary N) is 1. The van der Waals surface area contributed by atoms with Gasteiger partial charge in [0.1, 0.15) is 0 Å². The highest BCUT2D eigenvalue weighted by atomic mass is 16.5. The van der Waals surface area contributed by atoms with Gasteiger partial charge < -0.3 is 20.5 Å². The highest BCUT2D eigenvalue weighted by molar-refractivity contribution is 4.84. The molecule has 0 aromatic heterocycles. The molecule has 3 atom stereocenters. The van der Waals surface area contributed by atoms with Gasteiger partial charge in [0.05, 0.1) is 19.3 Å². The Hall–Kier alpha value is -0.160. The number of hydrogen-bond acceptors (Lipinski definition) is 4. The Morgan fingerprint density at radius 2 is 1.95 bits per heavy atom. The number of nitrogens with zero attached hydrogens (tertiary/aromatic N) is 1. The summed E-state index contributed by atoms with van der Waals surface area (Å²) in [6.45, 7) is 6.37. The standard InChI is InChI=1S/C15H30N2O2/c1-12-2-3-15(16)13(10-12)11-17-6-4-14(5-7-17)19-9-8-18/h12-15,18H,2-11,16H2,1H3. The van der Waals surface area contributed by atoms with E-state index in [1.807, 2.05) is 0 Å². The molecule has 1 aliphatic heterocycles. The van der Waals surface area contributed by atoms with Crippen molar-refractivity contribution in [2.24, 2.45) is 17.6 Å². The van der Waals surface area contributed by atoms with Crippen LogP contribution in [0.2, 0.25) is 0 Å². The topological polar surface area (TPSA) is 58.7 Å². The molecule has 0 aromatic carbocycles. The Kier molecular flexibility index (Phi) is 6.07. The molecule has 0 bridgehead atoms. The summed E-state index contributed by atoms with van der Waals surface area (Å²) < 4.78 is 5.61. The first-order chi connectivity index (χ1) is 9.19. The van der Waals surface area contributed by atoms with Gasteiger partial charge in [-0.05, 0) is 43.9 Å². The summed E-state index contributed by atoms with van der Waals surface area (Å²) in [6, 6.07) is 0.402. The van der Waals surface area contributed by atoms with Gasteiger partial charge in [-0.25, -0.2) is 0 Å². The molecule has 1 saturated heterocycles. The minimum absolute atomic E-state index is 0.134. The Bertz CT molecular complexity index is 255. The van der Waals surface area contributed by atoms with Gasteiger partial charge in [-0.2, -0.15) is 0 Å². The Labute approximate surface area is 117 Å². The van der Waals surface area contributed by atoms with Crippen molar-refractivity contribution in [1.82, 2.24) is 4.90 Å². The summed E-state index contributed by atoms with van der Waals surface area (Å²) in [4.78, 5) is 2.56. The van der Waals surface area contributed by atoms with Crippen molar-refractivity contribution in [3.8, 4) is 0 Å². The molecule has 1 heterocycles. The normalized spacial score (nSPS) is 34.6. The highest BCUT2D eigenvalue weighted by Crippen LogP contribution is 2.29. The van der Waals surface area contributed by atoms with Gasteiger partial charge in [-0.3, -0.25) is 0 Å². The second-order valence-corrected chi connectivity index (χ2v) is 6.44. The summed E-state index contributed by atoms with van der Waals surface area (Å²) >= 11 is 0. The van der Waals surface area contributed by atoms with Crippen molar-refractivity contribution >= 4 is 0 Å². The van der Waals surface area contributed by atoms with Gasteiger partial charge in [-0.1, -0.05) is 6.92 Å². The molecule has 1 saturated carbocycles. The van der Waals surface area contributed by atoms with Crippen LogP contribution in [0.4, 0.5) is 0 Å². The Balaban J connectivity index is 1.69. The lowest BCUT2D eigenvalue weighted by Crippen LogP contribution is -2.46. The third-order valence-electron chi connectivity index (χ3n) is 4.78. The zero-order valence-electron chi connectivity index (χ0n) is 12.3. The summed E-state index contributed by atoms with van der Waals surface area (Å²) in [5.41, 5.74) is 6.27. The SMILES string of the molecule is CC1CCC(N)C(CN2CCC(OCCO)CC2)C1. The molecule has 3 N–H and O–H groups in total. The second kappa shape index (κ2) is 7.58. The first kappa shape index (κ1) is 15.2. The smallest absolute Gasteiger partial charge is 0.0701 e. The number of ether oxygens (including phenoxy) is 1. The van der Waals surface area contributed by atoms with Crippen LogP contribution in [-0.2, 0) is 4.74 Å². The summed E-state index contributed by atoms with van der Waals surface area (Å²) in [7, 11) is 0. The van der Waals surface area contributed by atoms with Crippen LogP contribution in [0.5, 0.6) is 0 Å². The molecule has 19 heavy (non-hydrogen) atoms. The molecular weight excluding hydrogens is 240 g/mol. The maximum Gasteiger partial charge on any atom is 0.0701 e. The number of hydrogen-bond donors (Lipinski definition) is 2. The van der Waals surface area contributed by atoms with E-state index in [1.165, 1.54) is 19.3 Å². The average molecular weight is 270 g/mol. The number of rotatable bonds is 5. The van der Waals surface area contributed by atoms with Crippen molar-refractivity contribution in [3.05, 3.63) is 0 Å².